The fourth-order valence-corrected chi connectivity index (χ4v) is 1.65. The largest absolute Gasteiger partial charge is 0.508 e. The van der Waals surface area contributed by atoms with Crippen LogP contribution in [0.4, 0.5) is 4.79 Å². The van der Waals surface area contributed by atoms with E-state index in [1.54, 1.807) is 20.3 Å². The molecule has 0 fully saturated rings. The first-order chi connectivity index (χ1) is 9.71. The Morgan fingerprint density at radius 3 is 2.50 bits per heavy atom. The minimum absolute atomic E-state index is 0.221. The van der Waals surface area contributed by atoms with Gasteiger partial charge in [-0.3, -0.25) is 0 Å². The SMILES string of the molecule is COC(=O)OC/C=C/CCc1ccc(OC)c(OC)c1. The van der Waals surface area contributed by atoms with Gasteiger partial charge in [0.1, 0.15) is 6.61 Å². The van der Waals surface area contributed by atoms with Crippen LogP contribution in [0, 0.1) is 0 Å². The van der Waals surface area contributed by atoms with Gasteiger partial charge in [-0.25, -0.2) is 4.79 Å². The third-order valence-electron chi connectivity index (χ3n) is 2.68. The van der Waals surface area contributed by atoms with Crippen molar-refractivity contribution >= 4 is 6.16 Å². The van der Waals surface area contributed by atoms with Gasteiger partial charge in [-0.2, -0.15) is 0 Å². The molecule has 0 bridgehead atoms. The zero-order chi connectivity index (χ0) is 14.8. The first-order valence-electron chi connectivity index (χ1n) is 6.28. The molecule has 1 rings (SSSR count). The van der Waals surface area contributed by atoms with Crippen molar-refractivity contribution in [2.24, 2.45) is 0 Å². The van der Waals surface area contributed by atoms with Crippen LogP contribution in [0.5, 0.6) is 11.5 Å². The van der Waals surface area contributed by atoms with Gasteiger partial charge in [-0.15, -0.1) is 0 Å². The lowest BCUT2D eigenvalue weighted by Gasteiger charge is -2.08. The highest BCUT2D eigenvalue weighted by Gasteiger charge is 2.03. The van der Waals surface area contributed by atoms with E-state index < -0.39 is 6.16 Å². The minimum atomic E-state index is -0.672. The molecule has 0 amide bonds. The fraction of sp³-hybridized carbons (Fsp3) is 0.400. The molecule has 0 spiro atoms. The Morgan fingerprint density at radius 2 is 1.85 bits per heavy atom. The van der Waals surface area contributed by atoms with E-state index in [9.17, 15) is 4.79 Å². The Kier molecular flexibility index (Phi) is 7.03. The Hall–Kier alpha value is -2.17. The lowest BCUT2D eigenvalue weighted by Crippen LogP contribution is -2.03. The van der Waals surface area contributed by atoms with Crippen molar-refractivity contribution in [2.75, 3.05) is 27.9 Å². The predicted molar refractivity (Wildman–Crippen MR) is 75.4 cm³/mol. The molecule has 110 valence electrons. The van der Waals surface area contributed by atoms with Crippen LogP contribution in [0.2, 0.25) is 0 Å². The van der Waals surface area contributed by atoms with Crippen molar-refractivity contribution in [3.05, 3.63) is 35.9 Å². The number of methoxy groups -OCH3 is 3. The van der Waals surface area contributed by atoms with E-state index in [1.807, 2.05) is 24.3 Å². The second-order valence-corrected chi connectivity index (χ2v) is 3.96. The highest BCUT2D eigenvalue weighted by molar-refractivity contribution is 5.59. The molecule has 0 aliphatic heterocycles. The van der Waals surface area contributed by atoms with Crippen LogP contribution >= 0.6 is 0 Å². The minimum Gasteiger partial charge on any atom is -0.493 e. The fourth-order valence-electron chi connectivity index (χ4n) is 1.65. The average Bonchev–Trinajstić information content (AvgIpc) is 2.49. The lowest BCUT2D eigenvalue weighted by molar-refractivity contribution is 0.0817. The Bertz CT molecular complexity index is 454. The van der Waals surface area contributed by atoms with Gasteiger partial charge in [0.15, 0.2) is 11.5 Å². The van der Waals surface area contributed by atoms with E-state index in [2.05, 4.69) is 4.74 Å². The summed E-state index contributed by atoms with van der Waals surface area (Å²) in [5.74, 6) is 1.45. The molecule has 20 heavy (non-hydrogen) atoms. The molecule has 5 heteroatoms. The van der Waals surface area contributed by atoms with Gasteiger partial charge in [0.2, 0.25) is 0 Å². The van der Waals surface area contributed by atoms with Crippen LogP contribution in [-0.2, 0) is 15.9 Å². The highest BCUT2D eigenvalue weighted by Crippen LogP contribution is 2.27. The molecule has 0 aliphatic carbocycles. The van der Waals surface area contributed by atoms with Crippen LogP contribution in [0.15, 0.2) is 30.4 Å². The Balaban J connectivity index is 2.38. The maximum atomic E-state index is 10.7. The van der Waals surface area contributed by atoms with Crippen molar-refractivity contribution < 1.29 is 23.7 Å². The van der Waals surface area contributed by atoms with Crippen molar-refractivity contribution in [2.45, 2.75) is 12.8 Å². The molecule has 0 heterocycles. The molecule has 0 aliphatic rings. The number of carbonyl (C=O) groups is 1. The zero-order valence-corrected chi connectivity index (χ0v) is 12.0. The summed E-state index contributed by atoms with van der Waals surface area (Å²) in [4.78, 5) is 10.7. The summed E-state index contributed by atoms with van der Waals surface area (Å²) in [5, 5.41) is 0. The maximum Gasteiger partial charge on any atom is 0.508 e. The van der Waals surface area contributed by atoms with E-state index in [0.29, 0.717) is 0 Å². The van der Waals surface area contributed by atoms with Crippen LogP contribution in [0.25, 0.3) is 0 Å². The van der Waals surface area contributed by atoms with Gasteiger partial charge in [-0.1, -0.05) is 18.2 Å². The number of allylic oxidation sites excluding steroid dienone is 1. The molecule has 0 aromatic heterocycles. The van der Waals surface area contributed by atoms with E-state index >= 15 is 0 Å². The normalized spacial score (nSPS) is 10.3. The molecule has 0 saturated heterocycles. The van der Waals surface area contributed by atoms with Crippen molar-refractivity contribution in [3.8, 4) is 11.5 Å². The Morgan fingerprint density at radius 1 is 1.10 bits per heavy atom. The first kappa shape index (κ1) is 15.9. The van der Waals surface area contributed by atoms with Crippen molar-refractivity contribution in [3.63, 3.8) is 0 Å². The summed E-state index contributed by atoms with van der Waals surface area (Å²) >= 11 is 0. The summed E-state index contributed by atoms with van der Waals surface area (Å²) < 4.78 is 19.5. The summed E-state index contributed by atoms with van der Waals surface area (Å²) in [7, 11) is 4.51. The maximum absolute atomic E-state index is 10.7. The van der Waals surface area contributed by atoms with Gasteiger partial charge in [0.25, 0.3) is 0 Å². The van der Waals surface area contributed by atoms with Gasteiger partial charge >= 0.3 is 6.16 Å². The molecule has 0 saturated carbocycles. The van der Waals surface area contributed by atoms with Crippen LogP contribution in [0.3, 0.4) is 0 Å². The molecule has 0 atom stereocenters. The van der Waals surface area contributed by atoms with Crippen LogP contribution in [-0.4, -0.2) is 34.1 Å². The molecular weight excluding hydrogens is 260 g/mol. The van der Waals surface area contributed by atoms with E-state index in [4.69, 9.17) is 14.2 Å². The third-order valence-corrected chi connectivity index (χ3v) is 2.68. The molecule has 1 aromatic carbocycles. The summed E-state index contributed by atoms with van der Waals surface area (Å²) in [6, 6.07) is 5.84. The van der Waals surface area contributed by atoms with Crippen LogP contribution < -0.4 is 9.47 Å². The number of carbonyl (C=O) groups excluding carboxylic acids is 1. The highest BCUT2D eigenvalue weighted by atomic mass is 16.7. The number of hydrogen-bond donors (Lipinski definition) is 0. The predicted octanol–water partition coefficient (Wildman–Crippen LogP) is 2.98. The Labute approximate surface area is 119 Å². The van der Waals surface area contributed by atoms with E-state index in [1.165, 1.54) is 7.11 Å². The monoisotopic (exact) mass is 280 g/mol. The van der Waals surface area contributed by atoms with Gasteiger partial charge in [0.05, 0.1) is 21.3 Å². The summed E-state index contributed by atoms with van der Waals surface area (Å²) in [6.45, 7) is 0.221. The summed E-state index contributed by atoms with van der Waals surface area (Å²) in [6.07, 6.45) is 4.79. The molecule has 0 N–H and O–H groups in total. The summed E-state index contributed by atoms with van der Waals surface area (Å²) in [5.41, 5.74) is 1.15. The molecule has 0 unspecified atom stereocenters. The van der Waals surface area contributed by atoms with E-state index in [0.717, 1.165) is 29.9 Å². The number of ether oxygens (including phenoxy) is 4. The zero-order valence-electron chi connectivity index (χ0n) is 12.0. The van der Waals surface area contributed by atoms with Crippen molar-refractivity contribution in [1.29, 1.82) is 0 Å². The second-order valence-electron chi connectivity index (χ2n) is 3.96. The molecule has 1 aromatic rings. The number of rotatable bonds is 7. The van der Waals surface area contributed by atoms with Gasteiger partial charge < -0.3 is 18.9 Å². The van der Waals surface area contributed by atoms with Crippen molar-refractivity contribution in [1.82, 2.24) is 0 Å². The number of benzene rings is 1. The van der Waals surface area contributed by atoms with E-state index in [-0.39, 0.29) is 6.61 Å². The molecular formula is C15H20O5. The third kappa shape index (κ3) is 5.22. The number of hydrogen-bond acceptors (Lipinski definition) is 5. The average molecular weight is 280 g/mol. The van der Waals surface area contributed by atoms with Gasteiger partial charge in [-0.05, 0) is 30.5 Å². The second kappa shape index (κ2) is 8.85. The smallest absolute Gasteiger partial charge is 0.493 e. The quantitative estimate of drug-likeness (QED) is 0.567. The van der Waals surface area contributed by atoms with Gasteiger partial charge in [0, 0.05) is 0 Å². The standard InChI is InChI=1S/C15H20O5/c1-17-13-9-8-12(11-14(13)18-2)7-5-4-6-10-20-15(16)19-3/h4,6,8-9,11H,5,7,10H2,1-3H3/b6-4+. The molecule has 0 radical (unpaired) electrons. The topological polar surface area (TPSA) is 54.0 Å². The van der Waals surface area contributed by atoms with Crippen LogP contribution in [0.1, 0.15) is 12.0 Å². The lowest BCUT2D eigenvalue weighted by atomic mass is 10.1. The first-order valence-corrected chi connectivity index (χ1v) is 6.28. The number of aryl methyl sites for hydroxylation is 1. The molecule has 5 nitrogen and oxygen atoms in total.